The van der Waals surface area contributed by atoms with Gasteiger partial charge in [0.25, 0.3) is 0 Å². The van der Waals surface area contributed by atoms with E-state index in [0.717, 1.165) is 19.3 Å². The van der Waals surface area contributed by atoms with Crippen molar-refractivity contribution in [1.29, 1.82) is 0 Å². The molecule has 0 rings (SSSR count). The molecular weight excluding hydrogens is 228 g/mol. The lowest BCUT2D eigenvalue weighted by Gasteiger charge is -2.17. The van der Waals surface area contributed by atoms with Gasteiger partial charge in [0.2, 0.25) is 0 Å². The molecule has 1 atom stereocenters. The molecule has 0 aliphatic heterocycles. The molecule has 0 bridgehead atoms. The van der Waals surface area contributed by atoms with Crippen LogP contribution in [0.2, 0.25) is 0 Å². The second-order valence-corrected chi connectivity index (χ2v) is 5.51. The maximum Gasteiger partial charge on any atom is 0.335 e. The first-order chi connectivity index (χ1) is 8.50. The zero-order valence-electron chi connectivity index (χ0n) is 12.1. The summed E-state index contributed by atoms with van der Waals surface area (Å²) in [7, 11) is 0. The molecule has 0 fully saturated rings. The highest BCUT2D eigenvalue weighted by molar-refractivity contribution is 5.76. The van der Waals surface area contributed by atoms with Crippen LogP contribution in [0, 0.1) is 0 Å². The summed E-state index contributed by atoms with van der Waals surface area (Å²) in [5.74, 6) is -1.11. The van der Waals surface area contributed by atoms with E-state index in [0.29, 0.717) is 6.42 Å². The molecule has 0 aromatic heterocycles. The number of rotatable bonds is 12. The fourth-order valence-electron chi connectivity index (χ4n) is 2.06. The van der Waals surface area contributed by atoms with Crippen molar-refractivity contribution in [1.82, 2.24) is 0 Å². The Kier molecular flexibility index (Phi) is 10.0. The van der Waals surface area contributed by atoms with Crippen LogP contribution in [-0.4, -0.2) is 21.8 Å². The van der Waals surface area contributed by atoms with Gasteiger partial charge in [-0.1, -0.05) is 64.7 Å². The SMILES string of the molecule is CCCCCCCCCCCC[C@@](C)(O)C(=O)O. The predicted molar refractivity (Wildman–Crippen MR) is 74.7 cm³/mol. The number of hydrogen-bond acceptors (Lipinski definition) is 2. The highest BCUT2D eigenvalue weighted by Gasteiger charge is 2.28. The Balaban J connectivity index is 3.24. The Morgan fingerprint density at radius 2 is 1.28 bits per heavy atom. The summed E-state index contributed by atoms with van der Waals surface area (Å²) in [5.41, 5.74) is -1.54. The van der Waals surface area contributed by atoms with Crippen molar-refractivity contribution in [3.05, 3.63) is 0 Å². The van der Waals surface area contributed by atoms with Crippen LogP contribution in [0.1, 0.15) is 84.5 Å². The van der Waals surface area contributed by atoms with Gasteiger partial charge in [-0.25, -0.2) is 4.79 Å². The normalized spacial score (nSPS) is 14.4. The molecule has 0 heterocycles. The van der Waals surface area contributed by atoms with Gasteiger partial charge in [0.05, 0.1) is 0 Å². The summed E-state index contributed by atoms with van der Waals surface area (Å²) < 4.78 is 0. The third kappa shape index (κ3) is 9.46. The van der Waals surface area contributed by atoms with E-state index >= 15 is 0 Å². The van der Waals surface area contributed by atoms with Crippen molar-refractivity contribution in [2.24, 2.45) is 0 Å². The maximum absolute atomic E-state index is 10.7. The van der Waals surface area contributed by atoms with Crippen LogP contribution in [0.3, 0.4) is 0 Å². The second-order valence-electron chi connectivity index (χ2n) is 5.51. The zero-order chi connectivity index (χ0) is 13.9. The van der Waals surface area contributed by atoms with Crippen molar-refractivity contribution in [2.45, 2.75) is 90.1 Å². The zero-order valence-corrected chi connectivity index (χ0v) is 12.1. The van der Waals surface area contributed by atoms with Gasteiger partial charge in [-0.2, -0.15) is 0 Å². The standard InChI is InChI=1S/C15H30O3/c1-3-4-5-6-7-8-9-10-11-12-13-15(2,18)14(16)17/h18H,3-13H2,1-2H3,(H,16,17)/t15-/m1/s1. The number of aliphatic hydroxyl groups is 1. The lowest BCUT2D eigenvalue weighted by molar-refractivity contribution is -0.157. The maximum atomic E-state index is 10.7. The molecule has 0 saturated heterocycles. The lowest BCUT2D eigenvalue weighted by Crippen LogP contribution is -2.34. The van der Waals surface area contributed by atoms with Crippen molar-refractivity contribution in [3.8, 4) is 0 Å². The average Bonchev–Trinajstić information content (AvgIpc) is 2.31. The van der Waals surface area contributed by atoms with E-state index in [2.05, 4.69) is 6.92 Å². The minimum Gasteiger partial charge on any atom is -0.479 e. The van der Waals surface area contributed by atoms with Crippen LogP contribution < -0.4 is 0 Å². The van der Waals surface area contributed by atoms with Crippen LogP contribution in [0.25, 0.3) is 0 Å². The smallest absolute Gasteiger partial charge is 0.335 e. The van der Waals surface area contributed by atoms with Gasteiger partial charge in [-0.3, -0.25) is 0 Å². The summed E-state index contributed by atoms with van der Waals surface area (Å²) >= 11 is 0. The minimum absolute atomic E-state index is 0.360. The fraction of sp³-hybridized carbons (Fsp3) is 0.933. The van der Waals surface area contributed by atoms with Crippen LogP contribution in [0.5, 0.6) is 0 Å². The average molecular weight is 258 g/mol. The summed E-state index contributed by atoms with van der Waals surface area (Å²) in [4.78, 5) is 10.7. The van der Waals surface area contributed by atoms with Gasteiger partial charge in [0.15, 0.2) is 5.60 Å². The van der Waals surface area contributed by atoms with E-state index < -0.39 is 11.6 Å². The first-order valence-electron chi connectivity index (χ1n) is 7.46. The Hall–Kier alpha value is -0.570. The molecule has 0 aliphatic rings. The minimum atomic E-state index is -1.54. The second kappa shape index (κ2) is 10.4. The summed E-state index contributed by atoms with van der Waals surface area (Å²) in [6, 6.07) is 0. The van der Waals surface area contributed by atoms with Gasteiger partial charge in [-0.05, 0) is 19.8 Å². The van der Waals surface area contributed by atoms with Crippen molar-refractivity contribution in [3.63, 3.8) is 0 Å². The molecule has 18 heavy (non-hydrogen) atoms. The van der Waals surface area contributed by atoms with Crippen molar-refractivity contribution in [2.75, 3.05) is 0 Å². The van der Waals surface area contributed by atoms with Gasteiger partial charge < -0.3 is 10.2 Å². The molecule has 0 spiro atoms. The molecule has 3 nitrogen and oxygen atoms in total. The Labute approximate surface area is 112 Å². The Morgan fingerprint density at radius 1 is 0.889 bits per heavy atom. The van der Waals surface area contributed by atoms with Gasteiger partial charge >= 0.3 is 5.97 Å². The summed E-state index contributed by atoms with van der Waals surface area (Å²) in [6.45, 7) is 3.61. The highest BCUT2D eigenvalue weighted by Crippen LogP contribution is 2.16. The van der Waals surface area contributed by atoms with E-state index in [1.807, 2.05) is 0 Å². The monoisotopic (exact) mass is 258 g/mol. The highest BCUT2D eigenvalue weighted by atomic mass is 16.4. The molecule has 3 heteroatoms. The van der Waals surface area contributed by atoms with Gasteiger partial charge in [0, 0.05) is 0 Å². The van der Waals surface area contributed by atoms with E-state index in [1.165, 1.54) is 51.9 Å². The van der Waals surface area contributed by atoms with E-state index in [4.69, 9.17) is 5.11 Å². The van der Waals surface area contributed by atoms with Crippen molar-refractivity contribution < 1.29 is 15.0 Å². The molecular formula is C15H30O3. The van der Waals surface area contributed by atoms with Crippen molar-refractivity contribution >= 4 is 5.97 Å². The first-order valence-corrected chi connectivity index (χ1v) is 7.46. The number of unbranched alkanes of at least 4 members (excludes halogenated alkanes) is 9. The topological polar surface area (TPSA) is 57.5 Å². The van der Waals surface area contributed by atoms with Crippen LogP contribution in [0.4, 0.5) is 0 Å². The molecule has 0 saturated carbocycles. The first kappa shape index (κ1) is 17.4. The Bertz CT molecular complexity index is 212. The number of aliphatic carboxylic acids is 1. The molecule has 108 valence electrons. The van der Waals surface area contributed by atoms with Crippen LogP contribution in [0.15, 0.2) is 0 Å². The molecule has 0 aromatic rings. The molecule has 0 unspecified atom stereocenters. The van der Waals surface area contributed by atoms with Gasteiger partial charge in [-0.15, -0.1) is 0 Å². The third-order valence-corrected chi connectivity index (χ3v) is 3.48. The number of carboxylic acid groups (broad SMARTS) is 1. The molecule has 0 amide bonds. The van der Waals surface area contributed by atoms with Crippen LogP contribution in [-0.2, 0) is 4.79 Å². The fourth-order valence-corrected chi connectivity index (χ4v) is 2.06. The van der Waals surface area contributed by atoms with Gasteiger partial charge in [0.1, 0.15) is 0 Å². The molecule has 0 radical (unpaired) electrons. The quantitative estimate of drug-likeness (QED) is 0.517. The largest absolute Gasteiger partial charge is 0.479 e. The Morgan fingerprint density at radius 3 is 1.67 bits per heavy atom. The number of carbonyl (C=O) groups is 1. The molecule has 2 N–H and O–H groups in total. The third-order valence-electron chi connectivity index (χ3n) is 3.48. The number of carboxylic acids is 1. The number of hydrogen-bond donors (Lipinski definition) is 2. The van der Waals surface area contributed by atoms with E-state index in [1.54, 1.807) is 0 Å². The van der Waals surface area contributed by atoms with E-state index in [-0.39, 0.29) is 0 Å². The van der Waals surface area contributed by atoms with E-state index in [9.17, 15) is 9.90 Å². The summed E-state index contributed by atoms with van der Waals surface area (Å²) in [5, 5.41) is 18.3. The predicted octanol–water partition coefficient (Wildman–Crippen LogP) is 4.13. The van der Waals surface area contributed by atoms with Crippen LogP contribution >= 0.6 is 0 Å². The molecule has 0 aromatic carbocycles. The summed E-state index contributed by atoms with van der Waals surface area (Å²) in [6.07, 6.45) is 12.6. The molecule has 0 aliphatic carbocycles. The lowest BCUT2D eigenvalue weighted by atomic mass is 9.97.